The van der Waals surface area contributed by atoms with E-state index in [-0.39, 0.29) is 6.54 Å². The van der Waals surface area contributed by atoms with Crippen molar-refractivity contribution in [2.75, 3.05) is 22.4 Å². The molecule has 0 bridgehead atoms. The molecule has 0 heterocycles. The van der Waals surface area contributed by atoms with E-state index >= 15 is 0 Å². The van der Waals surface area contributed by atoms with Gasteiger partial charge in [-0.05, 0) is 48.2 Å². The molecule has 0 saturated heterocycles. The van der Waals surface area contributed by atoms with Crippen LogP contribution in [0.1, 0.15) is 30.5 Å². The molecule has 0 radical (unpaired) electrons. The van der Waals surface area contributed by atoms with Crippen LogP contribution >= 0.6 is 0 Å². The summed E-state index contributed by atoms with van der Waals surface area (Å²) in [6.45, 7) is 3.67. The van der Waals surface area contributed by atoms with Gasteiger partial charge in [0.2, 0.25) is 15.9 Å². The lowest BCUT2D eigenvalue weighted by Gasteiger charge is -2.23. The van der Waals surface area contributed by atoms with E-state index in [0.29, 0.717) is 11.3 Å². The molecular weight excluding hydrogens is 362 g/mol. The lowest BCUT2D eigenvalue weighted by atomic mass is 10.0. The maximum atomic E-state index is 12.6. The summed E-state index contributed by atoms with van der Waals surface area (Å²) in [4.78, 5) is 12.6. The SMILES string of the molecule is CCc1cccc(CC)c1NC(=O)CN(c1ccc(C#N)cc1)S(C)(=O)=O. The highest BCUT2D eigenvalue weighted by Crippen LogP contribution is 2.23. The van der Waals surface area contributed by atoms with Crippen LogP contribution in [-0.4, -0.2) is 27.1 Å². The highest BCUT2D eigenvalue weighted by atomic mass is 32.2. The lowest BCUT2D eigenvalue weighted by molar-refractivity contribution is -0.114. The fraction of sp³-hybridized carbons (Fsp3) is 0.300. The normalized spacial score (nSPS) is 10.9. The minimum absolute atomic E-state index is 0.339. The number of anilines is 2. The molecule has 0 atom stereocenters. The second-order valence-corrected chi connectivity index (χ2v) is 8.04. The number of nitrogens with one attached hydrogen (secondary N) is 1. The Bertz CT molecular complexity index is 939. The molecule has 27 heavy (non-hydrogen) atoms. The van der Waals surface area contributed by atoms with Gasteiger partial charge in [-0.1, -0.05) is 32.0 Å². The molecule has 0 fully saturated rings. The molecule has 0 aromatic heterocycles. The van der Waals surface area contributed by atoms with Crippen LogP contribution in [0.2, 0.25) is 0 Å². The fourth-order valence-corrected chi connectivity index (χ4v) is 3.67. The van der Waals surface area contributed by atoms with Crippen molar-refractivity contribution in [3.8, 4) is 6.07 Å². The van der Waals surface area contributed by atoms with E-state index in [2.05, 4.69) is 5.32 Å². The summed E-state index contributed by atoms with van der Waals surface area (Å²) in [6.07, 6.45) is 2.57. The Labute approximate surface area is 160 Å². The molecule has 6 nitrogen and oxygen atoms in total. The maximum absolute atomic E-state index is 12.6. The quantitative estimate of drug-likeness (QED) is 0.793. The predicted molar refractivity (Wildman–Crippen MR) is 107 cm³/mol. The van der Waals surface area contributed by atoms with E-state index in [0.717, 1.165) is 40.2 Å². The largest absolute Gasteiger partial charge is 0.324 e. The summed E-state index contributed by atoms with van der Waals surface area (Å²) in [5.74, 6) is -0.416. The van der Waals surface area contributed by atoms with Gasteiger partial charge in [-0.2, -0.15) is 5.26 Å². The molecule has 1 amide bonds. The van der Waals surface area contributed by atoms with Crippen molar-refractivity contribution in [1.82, 2.24) is 0 Å². The van der Waals surface area contributed by atoms with Crippen LogP contribution in [-0.2, 0) is 27.7 Å². The zero-order chi connectivity index (χ0) is 20.0. The molecule has 7 heteroatoms. The van der Waals surface area contributed by atoms with E-state index < -0.39 is 15.9 Å². The molecule has 1 N–H and O–H groups in total. The molecule has 2 rings (SSSR count). The molecular formula is C20H23N3O3S. The molecule has 0 aliphatic rings. The predicted octanol–water partition coefficient (Wildman–Crippen LogP) is 3.09. The number of nitrogens with zero attached hydrogens (tertiary/aromatic N) is 2. The topological polar surface area (TPSA) is 90.3 Å². The van der Waals surface area contributed by atoms with E-state index in [1.807, 2.05) is 38.1 Å². The molecule has 2 aromatic carbocycles. The van der Waals surface area contributed by atoms with Gasteiger partial charge in [-0.25, -0.2) is 8.42 Å². The number of rotatable bonds is 7. The number of amides is 1. The number of aryl methyl sites for hydroxylation is 2. The van der Waals surface area contributed by atoms with Crippen molar-refractivity contribution < 1.29 is 13.2 Å². The summed E-state index contributed by atoms with van der Waals surface area (Å²) in [6, 6.07) is 13.9. The van der Waals surface area contributed by atoms with Crippen molar-refractivity contribution in [1.29, 1.82) is 5.26 Å². The number of hydrogen-bond acceptors (Lipinski definition) is 4. The van der Waals surface area contributed by atoms with Crippen LogP contribution in [0.3, 0.4) is 0 Å². The Morgan fingerprint density at radius 2 is 1.63 bits per heavy atom. The first-order chi connectivity index (χ1) is 12.8. The van der Waals surface area contributed by atoms with Crippen molar-refractivity contribution in [3.05, 3.63) is 59.2 Å². The standard InChI is InChI=1S/C20H23N3O3S/c1-4-16-7-6-8-17(5-2)20(16)22-19(24)14-23(27(3,25)26)18-11-9-15(13-21)10-12-18/h6-12H,4-5,14H2,1-3H3,(H,22,24). The first kappa shape index (κ1) is 20.5. The van der Waals surface area contributed by atoms with Crippen LogP contribution in [0, 0.1) is 11.3 Å². The summed E-state index contributed by atoms with van der Waals surface area (Å²) >= 11 is 0. The second kappa shape index (κ2) is 8.69. The maximum Gasteiger partial charge on any atom is 0.245 e. The zero-order valence-corrected chi connectivity index (χ0v) is 16.5. The van der Waals surface area contributed by atoms with Crippen LogP contribution in [0.25, 0.3) is 0 Å². The van der Waals surface area contributed by atoms with Gasteiger partial charge >= 0.3 is 0 Å². The van der Waals surface area contributed by atoms with Crippen molar-refractivity contribution >= 4 is 27.3 Å². The zero-order valence-electron chi connectivity index (χ0n) is 15.7. The highest BCUT2D eigenvalue weighted by Gasteiger charge is 2.21. The molecule has 0 unspecified atom stereocenters. The fourth-order valence-electron chi connectivity index (χ4n) is 2.81. The minimum atomic E-state index is -3.67. The van der Waals surface area contributed by atoms with E-state index in [1.54, 1.807) is 0 Å². The third-order valence-electron chi connectivity index (χ3n) is 4.24. The van der Waals surface area contributed by atoms with Crippen LogP contribution in [0.4, 0.5) is 11.4 Å². The lowest BCUT2D eigenvalue weighted by Crippen LogP contribution is -2.37. The second-order valence-electron chi connectivity index (χ2n) is 6.13. The third-order valence-corrected chi connectivity index (χ3v) is 5.38. The average Bonchev–Trinajstić information content (AvgIpc) is 2.65. The van der Waals surface area contributed by atoms with Crippen molar-refractivity contribution in [3.63, 3.8) is 0 Å². The number of benzene rings is 2. The van der Waals surface area contributed by atoms with Crippen LogP contribution in [0.5, 0.6) is 0 Å². The Kier molecular flexibility index (Phi) is 6.59. The van der Waals surface area contributed by atoms with Crippen LogP contribution in [0.15, 0.2) is 42.5 Å². The molecule has 0 aliphatic carbocycles. The third kappa shape index (κ3) is 5.08. The summed E-state index contributed by atoms with van der Waals surface area (Å²) in [5, 5.41) is 11.8. The average molecular weight is 385 g/mol. The number of hydrogen-bond donors (Lipinski definition) is 1. The van der Waals surface area contributed by atoms with Gasteiger partial charge in [0.15, 0.2) is 0 Å². The van der Waals surface area contributed by atoms with Gasteiger partial charge in [-0.15, -0.1) is 0 Å². The molecule has 2 aromatic rings. The number of carbonyl (C=O) groups is 1. The van der Waals surface area contributed by atoms with Gasteiger partial charge in [-0.3, -0.25) is 9.10 Å². The summed E-state index contributed by atoms with van der Waals surface area (Å²) in [7, 11) is -3.67. The first-order valence-electron chi connectivity index (χ1n) is 8.68. The first-order valence-corrected chi connectivity index (χ1v) is 10.5. The smallest absolute Gasteiger partial charge is 0.245 e. The van der Waals surface area contributed by atoms with E-state index in [4.69, 9.17) is 5.26 Å². The number of sulfonamides is 1. The van der Waals surface area contributed by atoms with E-state index in [9.17, 15) is 13.2 Å². The van der Waals surface area contributed by atoms with Crippen molar-refractivity contribution in [2.24, 2.45) is 0 Å². The minimum Gasteiger partial charge on any atom is -0.324 e. The Balaban J connectivity index is 2.29. The number of nitriles is 1. The van der Waals surface area contributed by atoms with Crippen LogP contribution < -0.4 is 9.62 Å². The number of para-hydroxylation sites is 1. The molecule has 0 aliphatic heterocycles. The van der Waals surface area contributed by atoms with E-state index in [1.165, 1.54) is 24.3 Å². The summed E-state index contributed by atoms with van der Waals surface area (Å²) < 4.78 is 25.4. The molecule has 0 saturated carbocycles. The monoisotopic (exact) mass is 385 g/mol. The van der Waals surface area contributed by atoms with Gasteiger partial charge < -0.3 is 5.32 Å². The summed E-state index contributed by atoms with van der Waals surface area (Å²) in [5.41, 5.74) is 3.52. The highest BCUT2D eigenvalue weighted by molar-refractivity contribution is 7.92. The van der Waals surface area contributed by atoms with Crippen molar-refractivity contribution in [2.45, 2.75) is 26.7 Å². The Hall–Kier alpha value is -2.85. The Morgan fingerprint density at radius 3 is 2.07 bits per heavy atom. The molecule has 142 valence electrons. The van der Waals surface area contributed by atoms with Gasteiger partial charge in [0.05, 0.1) is 23.6 Å². The van der Waals surface area contributed by atoms with Gasteiger partial charge in [0.1, 0.15) is 6.54 Å². The van der Waals surface area contributed by atoms with Gasteiger partial charge in [0, 0.05) is 5.69 Å². The Morgan fingerprint density at radius 1 is 1.07 bits per heavy atom. The molecule has 0 spiro atoms. The number of carbonyl (C=O) groups excluding carboxylic acids is 1. The van der Waals surface area contributed by atoms with Gasteiger partial charge in [0.25, 0.3) is 0 Å².